The van der Waals surface area contributed by atoms with E-state index in [1.165, 1.54) is 0 Å². The molecule has 0 aromatic heterocycles. The molecule has 2 rings (SSSR count). The normalized spacial score (nSPS) is 13.9. The van der Waals surface area contributed by atoms with Crippen molar-refractivity contribution in [3.05, 3.63) is 35.9 Å². The van der Waals surface area contributed by atoms with E-state index in [2.05, 4.69) is 5.32 Å². The van der Waals surface area contributed by atoms with Crippen molar-refractivity contribution in [3.63, 3.8) is 0 Å². The summed E-state index contributed by atoms with van der Waals surface area (Å²) < 4.78 is 0. The molecule has 0 spiro atoms. The fourth-order valence-electron chi connectivity index (χ4n) is 2.14. The Labute approximate surface area is 113 Å². The van der Waals surface area contributed by atoms with Crippen LogP contribution in [0, 0.1) is 0 Å². The molecule has 4 nitrogen and oxygen atoms in total. The van der Waals surface area contributed by atoms with Crippen LogP contribution in [0.2, 0.25) is 0 Å². The van der Waals surface area contributed by atoms with Crippen molar-refractivity contribution in [2.24, 2.45) is 0 Å². The van der Waals surface area contributed by atoms with Gasteiger partial charge in [-0.15, -0.1) is 0 Å². The Hall–Kier alpha value is -1.84. The van der Waals surface area contributed by atoms with Crippen LogP contribution >= 0.6 is 0 Å². The van der Waals surface area contributed by atoms with Crippen LogP contribution in [-0.4, -0.2) is 35.8 Å². The van der Waals surface area contributed by atoms with Gasteiger partial charge >= 0.3 is 0 Å². The molecule has 0 heterocycles. The van der Waals surface area contributed by atoms with Gasteiger partial charge in [-0.05, 0) is 18.4 Å². The van der Waals surface area contributed by atoms with Gasteiger partial charge in [-0.2, -0.15) is 0 Å². The van der Waals surface area contributed by atoms with Crippen molar-refractivity contribution in [1.29, 1.82) is 0 Å². The standard InChI is InChI=1S/C15H20N2O2/c1-12(18)17(14-7-8-14)10-9-16-15(19)11-13-5-3-2-4-6-13/h2-6,14H,7-11H2,1H3,(H,16,19). The highest BCUT2D eigenvalue weighted by Gasteiger charge is 2.30. The summed E-state index contributed by atoms with van der Waals surface area (Å²) in [6, 6.07) is 10.1. The Balaban J connectivity index is 1.70. The van der Waals surface area contributed by atoms with Crippen LogP contribution < -0.4 is 5.32 Å². The lowest BCUT2D eigenvalue weighted by Gasteiger charge is -2.20. The molecule has 19 heavy (non-hydrogen) atoms. The average molecular weight is 260 g/mol. The number of hydrogen-bond donors (Lipinski definition) is 1. The number of nitrogens with one attached hydrogen (secondary N) is 1. The Kier molecular flexibility index (Phi) is 4.55. The zero-order valence-corrected chi connectivity index (χ0v) is 11.3. The Morgan fingerprint density at radius 1 is 1.26 bits per heavy atom. The number of hydrogen-bond acceptors (Lipinski definition) is 2. The van der Waals surface area contributed by atoms with Crippen molar-refractivity contribution in [2.45, 2.75) is 32.2 Å². The Bertz CT molecular complexity index is 441. The first-order chi connectivity index (χ1) is 9.16. The maximum atomic E-state index is 11.7. The summed E-state index contributed by atoms with van der Waals surface area (Å²) in [4.78, 5) is 25.0. The molecule has 1 aromatic carbocycles. The minimum absolute atomic E-state index is 0.00509. The lowest BCUT2D eigenvalue weighted by Crippen LogP contribution is -2.39. The SMILES string of the molecule is CC(=O)N(CCNC(=O)Cc1ccccc1)C1CC1. The maximum Gasteiger partial charge on any atom is 0.224 e. The number of benzene rings is 1. The summed E-state index contributed by atoms with van der Waals surface area (Å²) in [7, 11) is 0. The fourth-order valence-corrected chi connectivity index (χ4v) is 2.14. The van der Waals surface area contributed by atoms with E-state index in [1.807, 2.05) is 35.2 Å². The molecule has 0 saturated heterocycles. The van der Waals surface area contributed by atoms with Crippen molar-refractivity contribution in [3.8, 4) is 0 Å². The number of amides is 2. The molecule has 1 aliphatic carbocycles. The fraction of sp³-hybridized carbons (Fsp3) is 0.467. The lowest BCUT2D eigenvalue weighted by atomic mass is 10.1. The van der Waals surface area contributed by atoms with Crippen LogP contribution in [0.3, 0.4) is 0 Å². The zero-order valence-electron chi connectivity index (χ0n) is 11.3. The number of rotatable bonds is 6. The van der Waals surface area contributed by atoms with Gasteiger partial charge in [0.2, 0.25) is 11.8 Å². The van der Waals surface area contributed by atoms with Gasteiger partial charge < -0.3 is 10.2 Å². The van der Waals surface area contributed by atoms with Crippen molar-refractivity contribution >= 4 is 11.8 Å². The van der Waals surface area contributed by atoms with Gasteiger partial charge in [0.1, 0.15) is 0 Å². The first-order valence-corrected chi connectivity index (χ1v) is 6.74. The summed E-state index contributed by atoms with van der Waals surface area (Å²) in [5.41, 5.74) is 1.01. The van der Waals surface area contributed by atoms with Gasteiger partial charge in [-0.3, -0.25) is 9.59 Å². The second-order valence-electron chi connectivity index (χ2n) is 4.96. The smallest absolute Gasteiger partial charge is 0.224 e. The molecule has 102 valence electrons. The number of carbonyl (C=O) groups is 2. The first-order valence-electron chi connectivity index (χ1n) is 6.74. The topological polar surface area (TPSA) is 49.4 Å². The van der Waals surface area contributed by atoms with Gasteiger partial charge in [0.25, 0.3) is 0 Å². The van der Waals surface area contributed by atoms with Crippen LogP contribution in [-0.2, 0) is 16.0 Å². The van der Waals surface area contributed by atoms with Crippen molar-refractivity contribution in [2.75, 3.05) is 13.1 Å². The summed E-state index contributed by atoms with van der Waals surface area (Å²) in [5, 5.41) is 2.87. The molecule has 1 N–H and O–H groups in total. The third-order valence-corrected chi connectivity index (χ3v) is 3.27. The van der Waals surface area contributed by atoms with Gasteiger partial charge in [0.05, 0.1) is 6.42 Å². The quantitative estimate of drug-likeness (QED) is 0.839. The Morgan fingerprint density at radius 3 is 2.53 bits per heavy atom. The monoisotopic (exact) mass is 260 g/mol. The molecule has 0 unspecified atom stereocenters. The molecule has 2 amide bonds. The highest BCUT2D eigenvalue weighted by atomic mass is 16.2. The van der Waals surface area contributed by atoms with E-state index in [1.54, 1.807) is 6.92 Å². The van der Waals surface area contributed by atoms with Gasteiger partial charge in [-0.25, -0.2) is 0 Å². The van der Waals surface area contributed by atoms with E-state index >= 15 is 0 Å². The molecule has 1 aliphatic rings. The summed E-state index contributed by atoms with van der Waals surface area (Å²) in [5.74, 6) is 0.102. The van der Waals surface area contributed by atoms with Gasteiger partial charge in [-0.1, -0.05) is 30.3 Å². The highest BCUT2D eigenvalue weighted by Crippen LogP contribution is 2.26. The average Bonchev–Trinajstić information content (AvgIpc) is 3.19. The second kappa shape index (κ2) is 6.36. The molecule has 4 heteroatoms. The van der Waals surface area contributed by atoms with E-state index in [9.17, 15) is 9.59 Å². The minimum atomic E-state index is 0.00509. The van der Waals surface area contributed by atoms with E-state index in [-0.39, 0.29) is 11.8 Å². The predicted octanol–water partition coefficient (Wildman–Crippen LogP) is 1.36. The maximum absolute atomic E-state index is 11.7. The minimum Gasteiger partial charge on any atom is -0.354 e. The second-order valence-corrected chi connectivity index (χ2v) is 4.96. The van der Waals surface area contributed by atoms with Crippen LogP contribution in [0.25, 0.3) is 0 Å². The van der Waals surface area contributed by atoms with Gasteiger partial charge in [0.15, 0.2) is 0 Å². The van der Waals surface area contributed by atoms with E-state index in [4.69, 9.17) is 0 Å². The highest BCUT2D eigenvalue weighted by molar-refractivity contribution is 5.78. The number of nitrogens with zero attached hydrogens (tertiary/aromatic N) is 1. The third kappa shape index (κ3) is 4.39. The lowest BCUT2D eigenvalue weighted by molar-refractivity contribution is -0.130. The van der Waals surface area contributed by atoms with E-state index < -0.39 is 0 Å². The van der Waals surface area contributed by atoms with Crippen molar-refractivity contribution < 1.29 is 9.59 Å². The van der Waals surface area contributed by atoms with E-state index in [0.29, 0.717) is 25.6 Å². The first kappa shape index (κ1) is 13.6. The molecule has 1 saturated carbocycles. The largest absolute Gasteiger partial charge is 0.354 e. The number of carbonyl (C=O) groups excluding carboxylic acids is 2. The van der Waals surface area contributed by atoms with Gasteiger partial charge in [0, 0.05) is 26.1 Å². The van der Waals surface area contributed by atoms with Crippen LogP contribution in [0.15, 0.2) is 30.3 Å². The molecular formula is C15H20N2O2. The molecule has 0 aliphatic heterocycles. The Morgan fingerprint density at radius 2 is 1.95 bits per heavy atom. The van der Waals surface area contributed by atoms with Crippen LogP contribution in [0.5, 0.6) is 0 Å². The molecule has 1 fully saturated rings. The third-order valence-electron chi connectivity index (χ3n) is 3.27. The predicted molar refractivity (Wildman–Crippen MR) is 73.6 cm³/mol. The summed E-state index contributed by atoms with van der Waals surface area (Å²) in [6.45, 7) is 2.73. The molecule has 0 bridgehead atoms. The van der Waals surface area contributed by atoms with E-state index in [0.717, 1.165) is 18.4 Å². The molecule has 0 radical (unpaired) electrons. The zero-order chi connectivity index (χ0) is 13.7. The molecular weight excluding hydrogens is 240 g/mol. The molecule has 1 aromatic rings. The summed E-state index contributed by atoms with van der Waals surface area (Å²) >= 11 is 0. The molecule has 0 atom stereocenters. The van der Waals surface area contributed by atoms with Crippen LogP contribution in [0.4, 0.5) is 0 Å². The summed E-state index contributed by atoms with van der Waals surface area (Å²) in [6.07, 6.45) is 2.58. The van der Waals surface area contributed by atoms with Crippen LogP contribution in [0.1, 0.15) is 25.3 Å². The van der Waals surface area contributed by atoms with Crippen molar-refractivity contribution in [1.82, 2.24) is 10.2 Å².